The van der Waals surface area contributed by atoms with Crippen LogP contribution in [-0.4, -0.2) is 36.0 Å². The zero-order chi connectivity index (χ0) is 16.8. The van der Waals surface area contributed by atoms with Crippen LogP contribution in [0, 0.1) is 0 Å². The molecular weight excluding hydrogens is 300 g/mol. The topological polar surface area (TPSA) is 55.6 Å². The van der Waals surface area contributed by atoms with Gasteiger partial charge < -0.3 is 15.4 Å². The van der Waals surface area contributed by atoms with Crippen molar-refractivity contribution in [1.82, 2.24) is 4.90 Å². The number of para-hydroxylation sites is 1. The predicted molar refractivity (Wildman–Crippen MR) is 94.8 cm³/mol. The Bertz CT molecular complexity index is 637. The van der Waals surface area contributed by atoms with E-state index in [1.165, 1.54) is 0 Å². The van der Waals surface area contributed by atoms with Gasteiger partial charge >= 0.3 is 0 Å². The van der Waals surface area contributed by atoms with Crippen LogP contribution in [0.3, 0.4) is 0 Å². The molecule has 2 N–H and O–H groups in total. The summed E-state index contributed by atoms with van der Waals surface area (Å²) in [6.45, 7) is 1.41. The maximum atomic E-state index is 12.5. The number of nitrogens with two attached hydrogens (primary N) is 1. The fourth-order valence-corrected chi connectivity index (χ4v) is 3.08. The van der Waals surface area contributed by atoms with Crippen molar-refractivity contribution < 1.29 is 9.53 Å². The highest BCUT2D eigenvalue weighted by atomic mass is 16.5. The van der Waals surface area contributed by atoms with Gasteiger partial charge in [-0.2, -0.15) is 0 Å². The average molecular weight is 324 g/mol. The molecule has 0 aliphatic carbocycles. The number of amides is 1. The summed E-state index contributed by atoms with van der Waals surface area (Å²) in [6, 6.07) is 19.3. The Balaban J connectivity index is 1.48. The Morgan fingerprint density at radius 2 is 1.62 bits per heavy atom. The van der Waals surface area contributed by atoms with E-state index in [-0.39, 0.29) is 12.0 Å². The van der Waals surface area contributed by atoms with Crippen LogP contribution >= 0.6 is 0 Å². The second-order valence-corrected chi connectivity index (χ2v) is 6.25. The molecule has 1 fully saturated rings. The zero-order valence-corrected chi connectivity index (χ0v) is 13.8. The van der Waals surface area contributed by atoms with Gasteiger partial charge in [-0.1, -0.05) is 48.5 Å². The van der Waals surface area contributed by atoms with Crippen LogP contribution in [-0.2, 0) is 11.2 Å². The Morgan fingerprint density at radius 1 is 1.04 bits per heavy atom. The Morgan fingerprint density at radius 3 is 2.25 bits per heavy atom. The zero-order valence-electron chi connectivity index (χ0n) is 13.8. The number of likely N-dealkylation sites (tertiary alicyclic amines) is 1. The molecule has 1 aliphatic rings. The Labute approximate surface area is 143 Å². The van der Waals surface area contributed by atoms with E-state index in [0.29, 0.717) is 19.5 Å². The quantitative estimate of drug-likeness (QED) is 0.920. The lowest BCUT2D eigenvalue weighted by Crippen LogP contribution is -2.49. The third kappa shape index (κ3) is 4.36. The van der Waals surface area contributed by atoms with E-state index in [2.05, 4.69) is 0 Å². The number of hydrogen-bond donors (Lipinski definition) is 1. The molecule has 4 heteroatoms. The first-order chi connectivity index (χ1) is 11.7. The summed E-state index contributed by atoms with van der Waals surface area (Å²) in [5, 5.41) is 0. The summed E-state index contributed by atoms with van der Waals surface area (Å²) in [7, 11) is 0. The molecule has 1 unspecified atom stereocenters. The lowest BCUT2D eigenvalue weighted by Gasteiger charge is -2.33. The monoisotopic (exact) mass is 324 g/mol. The molecule has 126 valence electrons. The van der Waals surface area contributed by atoms with Crippen molar-refractivity contribution >= 4 is 5.91 Å². The van der Waals surface area contributed by atoms with E-state index in [1.54, 1.807) is 0 Å². The van der Waals surface area contributed by atoms with Gasteiger partial charge in [0.05, 0.1) is 6.04 Å². The molecule has 1 amide bonds. The van der Waals surface area contributed by atoms with E-state index in [1.807, 2.05) is 65.6 Å². The number of carbonyl (C=O) groups is 1. The molecule has 1 atom stereocenters. The molecule has 1 saturated heterocycles. The van der Waals surface area contributed by atoms with Gasteiger partial charge in [-0.25, -0.2) is 0 Å². The van der Waals surface area contributed by atoms with Crippen LogP contribution in [0.4, 0.5) is 0 Å². The minimum absolute atomic E-state index is 0.0389. The molecule has 2 aromatic carbocycles. The summed E-state index contributed by atoms with van der Waals surface area (Å²) in [5.74, 6) is 0.931. The Hall–Kier alpha value is -2.33. The van der Waals surface area contributed by atoms with Crippen molar-refractivity contribution in [2.45, 2.75) is 31.4 Å². The summed E-state index contributed by atoms with van der Waals surface area (Å²) >= 11 is 0. The van der Waals surface area contributed by atoms with E-state index in [9.17, 15) is 4.79 Å². The van der Waals surface area contributed by atoms with Crippen molar-refractivity contribution in [3.8, 4) is 5.75 Å². The highest BCUT2D eigenvalue weighted by Gasteiger charge is 2.27. The molecule has 0 bridgehead atoms. The fraction of sp³-hybridized carbons (Fsp3) is 0.350. The van der Waals surface area contributed by atoms with Crippen LogP contribution in [0.25, 0.3) is 0 Å². The van der Waals surface area contributed by atoms with E-state index in [4.69, 9.17) is 10.5 Å². The van der Waals surface area contributed by atoms with Crippen molar-refractivity contribution in [3.05, 3.63) is 66.2 Å². The number of ether oxygens (including phenoxy) is 1. The molecule has 0 spiro atoms. The van der Waals surface area contributed by atoms with Crippen molar-refractivity contribution in [3.63, 3.8) is 0 Å². The third-order valence-electron chi connectivity index (χ3n) is 4.42. The van der Waals surface area contributed by atoms with E-state index < -0.39 is 6.04 Å². The second kappa shape index (κ2) is 7.97. The minimum Gasteiger partial charge on any atom is -0.490 e. The normalized spacial score (nSPS) is 16.6. The summed E-state index contributed by atoms with van der Waals surface area (Å²) < 4.78 is 5.97. The van der Waals surface area contributed by atoms with Gasteiger partial charge in [0.1, 0.15) is 11.9 Å². The van der Waals surface area contributed by atoms with Crippen molar-refractivity contribution in [2.24, 2.45) is 5.73 Å². The maximum absolute atomic E-state index is 12.5. The first-order valence-corrected chi connectivity index (χ1v) is 8.52. The van der Waals surface area contributed by atoms with Gasteiger partial charge in [-0.3, -0.25) is 4.79 Å². The lowest BCUT2D eigenvalue weighted by molar-refractivity contribution is -0.134. The molecule has 0 aromatic heterocycles. The smallest absolute Gasteiger partial charge is 0.239 e. The molecule has 0 radical (unpaired) electrons. The van der Waals surface area contributed by atoms with Gasteiger partial charge in [0.25, 0.3) is 0 Å². The van der Waals surface area contributed by atoms with Crippen LogP contribution < -0.4 is 10.5 Å². The van der Waals surface area contributed by atoms with Crippen LogP contribution in [0.2, 0.25) is 0 Å². The van der Waals surface area contributed by atoms with Gasteiger partial charge in [-0.15, -0.1) is 0 Å². The molecule has 24 heavy (non-hydrogen) atoms. The first-order valence-electron chi connectivity index (χ1n) is 8.52. The average Bonchev–Trinajstić information content (AvgIpc) is 2.63. The number of rotatable bonds is 5. The third-order valence-corrected chi connectivity index (χ3v) is 4.42. The molecule has 1 heterocycles. The number of nitrogens with zero attached hydrogens (tertiary/aromatic N) is 1. The first kappa shape index (κ1) is 16.5. The predicted octanol–water partition coefficient (Wildman–Crippen LogP) is 2.63. The SMILES string of the molecule is NC(Cc1ccccc1)C(=O)N1CCC(Oc2ccccc2)CC1. The van der Waals surface area contributed by atoms with Crippen LogP contribution in [0.1, 0.15) is 18.4 Å². The number of piperidine rings is 1. The highest BCUT2D eigenvalue weighted by Crippen LogP contribution is 2.19. The molecule has 2 aromatic rings. The molecule has 0 saturated carbocycles. The standard InChI is InChI=1S/C20H24N2O2/c21-19(15-16-7-3-1-4-8-16)20(23)22-13-11-18(12-14-22)24-17-9-5-2-6-10-17/h1-10,18-19H,11-15,21H2. The van der Waals surface area contributed by atoms with Crippen molar-refractivity contribution in [1.29, 1.82) is 0 Å². The van der Waals surface area contributed by atoms with Crippen LogP contribution in [0.5, 0.6) is 5.75 Å². The summed E-state index contributed by atoms with van der Waals surface area (Å²) in [5.41, 5.74) is 7.21. The van der Waals surface area contributed by atoms with Gasteiger partial charge in [0.2, 0.25) is 5.91 Å². The molecule has 3 rings (SSSR count). The van der Waals surface area contributed by atoms with Gasteiger partial charge in [0, 0.05) is 25.9 Å². The summed E-state index contributed by atoms with van der Waals surface area (Å²) in [4.78, 5) is 14.4. The number of carbonyl (C=O) groups excluding carboxylic acids is 1. The Kier molecular flexibility index (Phi) is 5.49. The highest BCUT2D eigenvalue weighted by molar-refractivity contribution is 5.82. The maximum Gasteiger partial charge on any atom is 0.239 e. The van der Waals surface area contributed by atoms with E-state index in [0.717, 1.165) is 24.2 Å². The largest absolute Gasteiger partial charge is 0.490 e. The number of benzene rings is 2. The molecule has 1 aliphatic heterocycles. The lowest BCUT2D eigenvalue weighted by atomic mass is 10.0. The van der Waals surface area contributed by atoms with Crippen LogP contribution in [0.15, 0.2) is 60.7 Å². The fourth-order valence-electron chi connectivity index (χ4n) is 3.08. The van der Waals surface area contributed by atoms with Gasteiger partial charge in [-0.05, 0) is 24.1 Å². The minimum atomic E-state index is -0.473. The van der Waals surface area contributed by atoms with Gasteiger partial charge in [0.15, 0.2) is 0 Å². The molecule has 4 nitrogen and oxygen atoms in total. The van der Waals surface area contributed by atoms with E-state index >= 15 is 0 Å². The number of hydrogen-bond acceptors (Lipinski definition) is 3. The molecular formula is C20H24N2O2. The van der Waals surface area contributed by atoms with Crippen molar-refractivity contribution in [2.75, 3.05) is 13.1 Å². The second-order valence-electron chi connectivity index (χ2n) is 6.25. The summed E-state index contributed by atoms with van der Waals surface area (Å²) in [6.07, 6.45) is 2.44.